The summed E-state index contributed by atoms with van der Waals surface area (Å²) in [6.07, 6.45) is 8.25. The van der Waals surface area contributed by atoms with Gasteiger partial charge in [-0.25, -0.2) is 0 Å². The summed E-state index contributed by atoms with van der Waals surface area (Å²) in [7, 11) is 0. The maximum absolute atomic E-state index is 12.1. The zero-order chi connectivity index (χ0) is 17.5. The number of hydrogen-bond donors (Lipinski definition) is 1. The van der Waals surface area contributed by atoms with Gasteiger partial charge in [0.15, 0.2) is 5.16 Å². The fraction of sp³-hybridized carbons (Fsp3) is 0.421. The third-order valence-corrected chi connectivity index (χ3v) is 5.22. The molecule has 1 aromatic carbocycles. The molecule has 0 saturated heterocycles. The zero-order valence-corrected chi connectivity index (χ0v) is 15.4. The maximum Gasteiger partial charge on any atom is 0.230 e. The first kappa shape index (κ1) is 17.7. The van der Waals surface area contributed by atoms with E-state index in [4.69, 9.17) is 0 Å². The third kappa shape index (κ3) is 4.95. The lowest BCUT2D eigenvalue weighted by Gasteiger charge is -2.13. The third-order valence-electron chi connectivity index (χ3n) is 4.30. The van der Waals surface area contributed by atoms with Crippen molar-refractivity contribution >= 4 is 17.7 Å². The average Bonchev–Trinajstić information content (AvgIpc) is 3.02. The van der Waals surface area contributed by atoms with Crippen LogP contribution in [0.2, 0.25) is 0 Å². The molecule has 0 fully saturated rings. The van der Waals surface area contributed by atoms with Gasteiger partial charge in [0.05, 0.1) is 5.75 Å². The Morgan fingerprint density at radius 1 is 1.24 bits per heavy atom. The fourth-order valence-corrected chi connectivity index (χ4v) is 3.81. The first-order chi connectivity index (χ1) is 12.2. The first-order valence-electron chi connectivity index (χ1n) is 8.79. The minimum Gasteiger partial charge on any atom is -0.355 e. The molecule has 6 heteroatoms. The van der Waals surface area contributed by atoms with Crippen LogP contribution in [0.4, 0.5) is 0 Å². The Kier molecular flexibility index (Phi) is 6.28. The summed E-state index contributed by atoms with van der Waals surface area (Å²) in [6, 6.07) is 9.97. The molecule has 1 aromatic heterocycles. The van der Waals surface area contributed by atoms with E-state index in [2.05, 4.69) is 21.6 Å². The van der Waals surface area contributed by atoms with Gasteiger partial charge in [-0.3, -0.25) is 9.36 Å². The van der Waals surface area contributed by atoms with Gasteiger partial charge in [0.2, 0.25) is 5.91 Å². The molecule has 1 aliphatic carbocycles. The number of rotatable bonds is 7. The Bertz CT molecular complexity index is 739. The van der Waals surface area contributed by atoms with Crippen molar-refractivity contribution in [2.24, 2.45) is 0 Å². The lowest BCUT2D eigenvalue weighted by molar-refractivity contribution is -0.118. The maximum atomic E-state index is 12.1. The minimum atomic E-state index is 0.0432. The molecule has 132 valence electrons. The number of para-hydroxylation sites is 1. The molecule has 25 heavy (non-hydrogen) atoms. The summed E-state index contributed by atoms with van der Waals surface area (Å²) in [5, 5.41) is 12.1. The van der Waals surface area contributed by atoms with Crippen LogP contribution in [0.5, 0.6) is 0 Å². The first-order valence-corrected chi connectivity index (χ1v) is 9.77. The molecule has 0 saturated carbocycles. The molecule has 1 amide bonds. The van der Waals surface area contributed by atoms with Crippen LogP contribution in [0, 0.1) is 6.92 Å². The average molecular weight is 356 g/mol. The van der Waals surface area contributed by atoms with Gasteiger partial charge in [-0.05, 0) is 51.2 Å². The number of thioether (sulfide) groups is 1. The van der Waals surface area contributed by atoms with E-state index in [-0.39, 0.29) is 5.91 Å². The van der Waals surface area contributed by atoms with Crippen LogP contribution in [0.1, 0.15) is 37.9 Å². The van der Waals surface area contributed by atoms with E-state index < -0.39 is 0 Å². The second kappa shape index (κ2) is 8.85. The Morgan fingerprint density at radius 3 is 2.84 bits per heavy atom. The summed E-state index contributed by atoms with van der Waals surface area (Å²) in [6.45, 7) is 2.64. The van der Waals surface area contributed by atoms with Crippen LogP contribution in [-0.4, -0.2) is 33.0 Å². The van der Waals surface area contributed by atoms with Crippen molar-refractivity contribution in [1.29, 1.82) is 0 Å². The van der Waals surface area contributed by atoms with Crippen molar-refractivity contribution < 1.29 is 4.79 Å². The highest BCUT2D eigenvalue weighted by Gasteiger charge is 2.13. The Hall–Kier alpha value is -2.08. The van der Waals surface area contributed by atoms with E-state index in [1.165, 1.54) is 43.0 Å². The number of allylic oxidation sites excluding steroid dienone is 1. The van der Waals surface area contributed by atoms with Gasteiger partial charge in [-0.1, -0.05) is 41.6 Å². The number of aromatic nitrogens is 3. The van der Waals surface area contributed by atoms with E-state index in [0.717, 1.165) is 29.6 Å². The van der Waals surface area contributed by atoms with E-state index in [1.54, 1.807) is 0 Å². The molecule has 1 N–H and O–H groups in total. The number of amides is 1. The highest BCUT2D eigenvalue weighted by atomic mass is 32.2. The predicted octanol–water partition coefficient (Wildman–Crippen LogP) is 3.67. The van der Waals surface area contributed by atoms with Crippen molar-refractivity contribution in [3.63, 3.8) is 0 Å². The summed E-state index contributed by atoms with van der Waals surface area (Å²) in [4.78, 5) is 12.1. The molecular formula is C19H24N4OS. The smallest absolute Gasteiger partial charge is 0.230 e. The lowest BCUT2D eigenvalue weighted by Crippen LogP contribution is -2.26. The summed E-state index contributed by atoms with van der Waals surface area (Å²) < 4.78 is 1.98. The molecule has 3 rings (SSSR count). The SMILES string of the molecule is Cc1nnc(SCC(=O)NCCC2=CCCCC2)n1-c1ccccc1. The van der Waals surface area contributed by atoms with Crippen LogP contribution >= 0.6 is 11.8 Å². The van der Waals surface area contributed by atoms with Crippen molar-refractivity contribution in [2.75, 3.05) is 12.3 Å². The Morgan fingerprint density at radius 2 is 2.08 bits per heavy atom. The highest BCUT2D eigenvalue weighted by molar-refractivity contribution is 7.99. The normalized spacial score (nSPS) is 14.2. The van der Waals surface area contributed by atoms with Gasteiger partial charge in [-0.15, -0.1) is 10.2 Å². The molecule has 0 unspecified atom stereocenters. The van der Waals surface area contributed by atoms with Crippen LogP contribution in [0.25, 0.3) is 5.69 Å². The van der Waals surface area contributed by atoms with Gasteiger partial charge in [-0.2, -0.15) is 0 Å². The molecule has 2 aromatic rings. The highest BCUT2D eigenvalue weighted by Crippen LogP contribution is 2.22. The number of benzene rings is 1. The van der Waals surface area contributed by atoms with Gasteiger partial charge in [0.1, 0.15) is 5.82 Å². The van der Waals surface area contributed by atoms with Gasteiger partial charge in [0, 0.05) is 12.2 Å². The summed E-state index contributed by atoms with van der Waals surface area (Å²) in [5.74, 6) is 1.21. The van der Waals surface area contributed by atoms with Crippen LogP contribution in [0.3, 0.4) is 0 Å². The second-order valence-electron chi connectivity index (χ2n) is 6.20. The fourth-order valence-electron chi connectivity index (χ4n) is 2.99. The van der Waals surface area contributed by atoms with Crippen LogP contribution in [-0.2, 0) is 4.79 Å². The van der Waals surface area contributed by atoms with Crippen molar-refractivity contribution in [3.8, 4) is 5.69 Å². The molecule has 0 bridgehead atoms. The quantitative estimate of drug-likeness (QED) is 0.607. The van der Waals surface area contributed by atoms with Gasteiger partial charge in [0.25, 0.3) is 0 Å². The molecule has 0 aliphatic heterocycles. The molecule has 5 nitrogen and oxygen atoms in total. The van der Waals surface area contributed by atoms with E-state index >= 15 is 0 Å². The van der Waals surface area contributed by atoms with E-state index in [1.807, 2.05) is 41.8 Å². The number of nitrogens with zero attached hydrogens (tertiary/aromatic N) is 3. The van der Waals surface area contributed by atoms with E-state index in [9.17, 15) is 4.79 Å². The standard InChI is InChI=1S/C19H24N4OS/c1-15-21-22-19(23(15)17-10-6-3-7-11-17)25-14-18(24)20-13-12-16-8-4-2-5-9-16/h3,6-8,10-11H,2,4-5,9,12-14H2,1H3,(H,20,24). The van der Waals surface area contributed by atoms with Crippen LogP contribution in [0.15, 0.2) is 47.1 Å². The Balaban J connectivity index is 1.50. The molecule has 0 radical (unpaired) electrons. The summed E-state index contributed by atoms with van der Waals surface area (Å²) in [5.41, 5.74) is 2.50. The topological polar surface area (TPSA) is 59.8 Å². The van der Waals surface area contributed by atoms with E-state index in [0.29, 0.717) is 5.75 Å². The number of aryl methyl sites for hydroxylation is 1. The summed E-state index contributed by atoms with van der Waals surface area (Å²) >= 11 is 1.42. The zero-order valence-electron chi connectivity index (χ0n) is 14.6. The molecule has 0 spiro atoms. The predicted molar refractivity (Wildman–Crippen MR) is 101 cm³/mol. The van der Waals surface area contributed by atoms with Gasteiger partial charge < -0.3 is 5.32 Å². The van der Waals surface area contributed by atoms with Crippen molar-refractivity contribution in [2.45, 2.75) is 44.2 Å². The van der Waals surface area contributed by atoms with Crippen LogP contribution < -0.4 is 5.32 Å². The molecule has 1 heterocycles. The second-order valence-corrected chi connectivity index (χ2v) is 7.14. The number of carbonyl (C=O) groups is 1. The number of hydrogen-bond acceptors (Lipinski definition) is 4. The Labute approximate surface area is 152 Å². The number of nitrogens with one attached hydrogen (secondary N) is 1. The largest absolute Gasteiger partial charge is 0.355 e. The molecular weight excluding hydrogens is 332 g/mol. The van der Waals surface area contributed by atoms with Gasteiger partial charge >= 0.3 is 0 Å². The van der Waals surface area contributed by atoms with Crippen molar-refractivity contribution in [3.05, 3.63) is 47.8 Å². The number of carbonyl (C=O) groups excluding carboxylic acids is 1. The minimum absolute atomic E-state index is 0.0432. The monoisotopic (exact) mass is 356 g/mol. The lowest BCUT2D eigenvalue weighted by atomic mass is 9.97. The van der Waals surface area contributed by atoms with Crippen molar-refractivity contribution in [1.82, 2.24) is 20.1 Å². The molecule has 0 atom stereocenters. The molecule has 1 aliphatic rings.